The maximum atomic E-state index is 12.7. The summed E-state index contributed by atoms with van der Waals surface area (Å²) in [5.41, 5.74) is 8.42. The quantitative estimate of drug-likeness (QED) is 0.347. The van der Waals surface area contributed by atoms with Crippen molar-refractivity contribution in [2.75, 3.05) is 0 Å². The summed E-state index contributed by atoms with van der Waals surface area (Å²) in [5.74, 6) is -1.05. The number of non-ortho nitro benzene ring substituents is 1. The first-order valence-corrected chi connectivity index (χ1v) is 9.47. The molecule has 9 nitrogen and oxygen atoms in total. The number of carbonyl (C=O) groups excluding carboxylic acids is 2. The Kier molecular flexibility index (Phi) is 5.00. The van der Waals surface area contributed by atoms with Crippen molar-refractivity contribution in [3.63, 3.8) is 0 Å². The van der Waals surface area contributed by atoms with Crippen LogP contribution >= 0.6 is 0 Å². The van der Waals surface area contributed by atoms with Crippen molar-refractivity contribution in [2.45, 2.75) is 13.8 Å². The summed E-state index contributed by atoms with van der Waals surface area (Å²) in [6, 6.07) is 15.6. The first-order valence-electron chi connectivity index (χ1n) is 9.47. The maximum Gasteiger partial charge on any atom is 0.271 e. The van der Waals surface area contributed by atoms with Crippen LogP contribution in [0.1, 0.15) is 32.1 Å². The Hall–Kier alpha value is -4.40. The number of amides is 2. The number of nitrogens with zero attached hydrogens (tertiary/aromatic N) is 2. The molecule has 2 amide bonds. The van der Waals surface area contributed by atoms with E-state index < -0.39 is 16.7 Å². The molecule has 156 valence electrons. The number of hydrazine groups is 1. The smallest absolute Gasteiger partial charge is 0.271 e. The van der Waals surface area contributed by atoms with Gasteiger partial charge in [0, 0.05) is 46.3 Å². The van der Waals surface area contributed by atoms with Gasteiger partial charge in [0.1, 0.15) is 0 Å². The van der Waals surface area contributed by atoms with Crippen LogP contribution in [0.5, 0.6) is 0 Å². The van der Waals surface area contributed by atoms with Crippen molar-refractivity contribution in [1.29, 1.82) is 0 Å². The second-order valence-electron chi connectivity index (χ2n) is 7.05. The van der Waals surface area contributed by atoms with Gasteiger partial charge < -0.3 is 9.55 Å². The normalized spacial score (nSPS) is 10.8. The molecule has 4 rings (SSSR count). The highest BCUT2D eigenvalue weighted by Crippen LogP contribution is 2.24. The first kappa shape index (κ1) is 19.9. The number of nitro groups is 1. The molecule has 0 bridgehead atoms. The molecule has 0 unspecified atom stereocenters. The van der Waals surface area contributed by atoms with Crippen molar-refractivity contribution in [3.05, 3.63) is 93.4 Å². The molecule has 0 aliphatic heterocycles. The molecule has 2 aromatic carbocycles. The lowest BCUT2D eigenvalue weighted by Crippen LogP contribution is -2.41. The van der Waals surface area contributed by atoms with E-state index in [2.05, 4.69) is 15.8 Å². The number of fused-ring (bicyclic) bond motifs is 1. The Balaban J connectivity index is 1.53. The molecule has 3 N–H and O–H groups in total. The highest BCUT2D eigenvalue weighted by atomic mass is 16.6. The van der Waals surface area contributed by atoms with E-state index in [1.54, 1.807) is 6.07 Å². The fraction of sp³-hybridized carbons (Fsp3) is 0.0909. The Morgan fingerprint density at radius 3 is 2.32 bits per heavy atom. The molecule has 2 aromatic heterocycles. The summed E-state index contributed by atoms with van der Waals surface area (Å²) in [6.45, 7) is 3.73. The van der Waals surface area contributed by atoms with Crippen LogP contribution in [0.25, 0.3) is 16.6 Å². The number of hydrogen-bond acceptors (Lipinski definition) is 4. The third kappa shape index (κ3) is 3.64. The Bertz CT molecular complexity index is 1320. The lowest BCUT2D eigenvalue weighted by Gasteiger charge is -2.10. The van der Waals surface area contributed by atoms with Crippen molar-refractivity contribution < 1.29 is 14.5 Å². The Labute approximate surface area is 176 Å². The van der Waals surface area contributed by atoms with Crippen LogP contribution in [0.2, 0.25) is 0 Å². The number of para-hydroxylation sites is 1. The van der Waals surface area contributed by atoms with Crippen LogP contribution in [0.4, 0.5) is 5.69 Å². The van der Waals surface area contributed by atoms with Crippen LogP contribution in [0, 0.1) is 24.0 Å². The van der Waals surface area contributed by atoms with E-state index in [1.165, 1.54) is 24.4 Å². The number of rotatable bonds is 4. The zero-order chi connectivity index (χ0) is 22.1. The summed E-state index contributed by atoms with van der Waals surface area (Å²) in [7, 11) is 0. The molecule has 0 aliphatic carbocycles. The largest absolute Gasteiger partial charge is 0.360 e. The molecule has 0 fully saturated rings. The zero-order valence-electron chi connectivity index (χ0n) is 16.8. The number of hydrogen-bond donors (Lipinski definition) is 3. The van der Waals surface area contributed by atoms with Crippen molar-refractivity contribution in [2.24, 2.45) is 0 Å². The average Bonchev–Trinajstić information content (AvgIpc) is 3.32. The summed E-state index contributed by atoms with van der Waals surface area (Å²) in [6.07, 6.45) is 1.44. The van der Waals surface area contributed by atoms with Gasteiger partial charge in [0.15, 0.2) is 0 Å². The number of H-pyrrole nitrogens is 1. The Morgan fingerprint density at radius 1 is 0.968 bits per heavy atom. The van der Waals surface area contributed by atoms with E-state index in [4.69, 9.17) is 0 Å². The number of aromatic nitrogens is 2. The van der Waals surface area contributed by atoms with Gasteiger partial charge in [0.25, 0.3) is 17.5 Å². The lowest BCUT2D eigenvalue weighted by atomic mass is 10.1. The molecule has 31 heavy (non-hydrogen) atoms. The highest BCUT2D eigenvalue weighted by molar-refractivity contribution is 6.08. The van der Waals surface area contributed by atoms with Crippen LogP contribution < -0.4 is 10.9 Å². The maximum absolute atomic E-state index is 12.7. The predicted octanol–water partition coefficient (Wildman–Crippen LogP) is 3.56. The topological polar surface area (TPSA) is 122 Å². The summed E-state index contributed by atoms with van der Waals surface area (Å²) < 4.78 is 1.95. The van der Waals surface area contributed by atoms with Gasteiger partial charge in [0.05, 0.1) is 16.1 Å². The van der Waals surface area contributed by atoms with Crippen LogP contribution in [-0.2, 0) is 0 Å². The van der Waals surface area contributed by atoms with Crippen LogP contribution in [-0.4, -0.2) is 26.3 Å². The SMILES string of the molecule is Cc1cc(C(=O)NNC(=O)c2c[nH]c3ccc([N+](=O)[O-])cc23)c(C)n1-c1ccccc1. The third-order valence-corrected chi connectivity index (χ3v) is 5.10. The molecular weight excluding hydrogens is 398 g/mol. The van der Waals surface area contributed by atoms with Crippen molar-refractivity contribution >= 4 is 28.4 Å². The monoisotopic (exact) mass is 417 g/mol. The van der Waals surface area contributed by atoms with Gasteiger partial charge in [-0.05, 0) is 38.1 Å². The molecule has 0 atom stereocenters. The van der Waals surface area contributed by atoms with Crippen molar-refractivity contribution in [3.8, 4) is 5.69 Å². The molecule has 0 saturated carbocycles. The van der Waals surface area contributed by atoms with Gasteiger partial charge in [-0.3, -0.25) is 30.6 Å². The summed E-state index contributed by atoms with van der Waals surface area (Å²) in [5, 5.41) is 11.4. The molecule has 2 heterocycles. The standard InChI is InChI=1S/C22H19N5O4/c1-13-10-17(14(2)26(13)15-6-4-3-5-7-15)21(28)24-25-22(29)19-12-23-20-9-8-16(27(30)31)11-18(19)20/h3-12,23H,1-2H3,(H,24,28)(H,25,29). The number of aryl methyl sites for hydroxylation is 1. The van der Waals surface area contributed by atoms with Crippen LogP contribution in [0.15, 0.2) is 60.8 Å². The van der Waals surface area contributed by atoms with E-state index >= 15 is 0 Å². The average molecular weight is 417 g/mol. The van der Waals surface area contributed by atoms with E-state index in [0.29, 0.717) is 16.5 Å². The molecular formula is C22H19N5O4. The molecule has 0 radical (unpaired) electrons. The number of carbonyl (C=O) groups is 2. The molecule has 0 saturated heterocycles. The molecule has 9 heteroatoms. The number of aromatic amines is 1. The second-order valence-corrected chi connectivity index (χ2v) is 7.05. The molecule has 4 aromatic rings. The predicted molar refractivity (Wildman–Crippen MR) is 115 cm³/mol. The fourth-order valence-corrected chi connectivity index (χ4v) is 3.63. The van der Waals surface area contributed by atoms with E-state index in [1.807, 2.05) is 48.7 Å². The van der Waals surface area contributed by atoms with E-state index in [-0.39, 0.29) is 11.3 Å². The van der Waals surface area contributed by atoms with Gasteiger partial charge in [0.2, 0.25) is 0 Å². The molecule has 0 spiro atoms. The number of nitrogens with one attached hydrogen (secondary N) is 3. The van der Waals surface area contributed by atoms with E-state index in [9.17, 15) is 19.7 Å². The Morgan fingerprint density at radius 2 is 1.65 bits per heavy atom. The lowest BCUT2D eigenvalue weighted by molar-refractivity contribution is -0.384. The van der Waals surface area contributed by atoms with Gasteiger partial charge in [-0.2, -0.15) is 0 Å². The van der Waals surface area contributed by atoms with E-state index in [0.717, 1.165) is 17.1 Å². The molecule has 0 aliphatic rings. The minimum absolute atomic E-state index is 0.126. The third-order valence-electron chi connectivity index (χ3n) is 5.10. The number of nitro benzene ring substituents is 1. The summed E-state index contributed by atoms with van der Waals surface area (Å²) in [4.78, 5) is 38.7. The highest BCUT2D eigenvalue weighted by Gasteiger charge is 2.19. The zero-order valence-corrected chi connectivity index (χ0v) is 16.8. The minimum Gasteiger partial charge on any atom is -0.360 e. The fourth-order valence-electron chi connectivity index (χ4n) is 3.63. The van der Waals surface area contributed by atoms with Crippen LogP contribution in [0.3, 0.4) is 0 Å². The van der Waals surface area contributed by atoms with Gasteiger partial charge in [-0.25, -0.2) is 0 Å². The number of benzene rings is 2. The van der Waals surface area contributed by atoms with Gasteiger partial charge in [-0.1, -0.05) is 18.2 Å². The van der Waals surface area contributed by atoms with Gasteiger partial charge >= 0.3 is 0 Å². The minimum atomic E-state index is -0.586. The summed E-state index contributed by atoms with van der Waals surface area (Å²) >= 11 is 0. The second kappa shape index (κ2) is 7.79. The van der Waals surface area contributed by atoms with Crippen molar-refractivity contribution in [1.82, 2.24) is 20.4 Å². The first-order chi connectivity index (χ1) is 14.9. The van der Waals surface area contributed by atoms with Gasteiger partial charge in [-0.15, -0.1) is 0 Å².